The highest BCUT2D eigenvalue weighted by Crippen LogP contribution is 2.24. The molecule has 2 heterocycles. The van der Waals surface area contributed by atoms with Gasteiger partial charge in [-0.3, -0.25) is 4.79 Å². The summed E-state index contributed by atoms with van der Waals surface area (Å²) in [4.78, 5) is 12.6. The first-order valence-corrected chi connectivity index (χ1v) is 5.20. The van der Waals surface area contributed by atoms with Crippen molar-refractivity contribution < 1.29 is 9.21 Å². The second-order valence-corrected chi connectivity index (χ2v) is 3.93. The van der Waals surface area contributed by atoms with Crippen molar-refractivity contribution in [2.45, 2.75) is 5.92 Å². The highest BCUT2D eigenvalue weighted by atomic mass is 32.1. The van der Waals surface area contributed by atoms with E-state index in [0.717, 1.165) is 4.88 Å². The van der Waals surface area contributed by atoms with Crippen molar-refractivity contribution in [3.8, 4) is 6.07 Å². The van der Waals surface area contributed by atoms with Gasteiger partial charge in [-0.2, -0.15) is 5.26 Å². The molecule has 2 aromatic rings. The monoisotopic (exact) mass is 217 g/mol. The minimum Gasteiger partial charge on any atom is -0.472 e. The van der Waals surface area contributed by atoms with Crippen molar-refractivity contribution in [2.75, 3.05) is 0 Å². The summed E-state index contributed by atoms with van der Waals surface area (Å²) in [7, 11) is 0. The van der Waals surface area contributed by atoms with Gasteiger partial charge in [0.05, 0.1) is 17.9 Å². The molecular weight excluding hydrogens is 210 g/mol. The maximum absolute atomic E-state index is 11.9. The van der Waals surface area contributed by atoms with Crippen LogP contribution in [0, 0.1) is 11.3 Å². The summed E-state index contributed by atoms with van der Waals surface area (Å²) in [6, 6.07) is 7.20. The number of rotatable bonds is 3. The SMILES string of the molecule is N#CC(C(=O)c1ccoc1)c1cccs1. The maximum atomic E-state index is 11.9. The first-order valence-electron chi connectivity index (χ1n) is 4.32. The number of nitrogens with zero attached hydrogens (tertiary/aromatic N) is 1. The Bertz CT molecular complexity index is 479. The highest BCUT2D eigenvalue weighted by Gasteiger charge is 2.23. The molecule has 2 aromatic heterocycles. The molecule has 2 rings (SSSR count). The summed E-state index contributed by atoms with van der Waals surface area (Å²) in [6.07, 6.45) is 2.79. The van der Waals surface area contributed by atoms with Gasteiger partial charge in [0.25, 0.3) is 0 Å². The molecule has 0 saturated heterocycles. The van der Waals surface area contributed by atoms with Crippen LogP contribution in [0.25, 0.3) is 0 Å². The standard InChI is InChI=1S/C11H7NO2S/c12-6-9(10-2-1-5-15-10)11(13)8-3-4-14-7-8/h1-5,7,9H. The summed E-state index contributed by atoms with van der Waals surface area (Å²) < 4.78 is 4.82. The molecule has 0 fully saturated rings. The molecule has 0 spiro atoms. The van der Waals surface area contributed by atoms with Crippen LogP contribution >= 0.6 is 11.3 Å². The molecule has 15 heavy (non-hydrogen) atoms. The topological polar surface area (TPSA) is 54.0 Å². The first kappa shape index (κ1) is 9.69. The van der Waals surface area contributed by atoms with Crippen molar-refractivity contribution in [3.05, 3.63) is 46.5 Å². The fraction of sp³-hybridized carbons (Fsp3) is 0.0909. The zero-order valence-electron chi connectivity index (χ0n) is 7.71. The number of hydrogen-bond acceptors (Lipinski definition) is 4. The van der Waals surface area contributed by atoms with E-state index < -0.39 is 5.92 Å². The summed E-state index contributed by atoms with van der Waals surface area (Å²) in [5.74, 6) is -0.934. The van der Waals surface area contributed by atoms with Gasteiger partial charge >= 0.3 is 0 Å². The van der Waals surface area contributed by atoms with E-state index in [1.54, 1.807) is 12.1 Å². The van der Waals surface area contributed by atoms with Gasteiger partial charge in [0.2, 0.25) is 0 Å². The summed E-state index contributed by atoms with van der Waals surface area (Å²) in [5.41, 5.74) is 0.440. The number of carbonyl (C=O) groups excluding carboxylic acids is 1. The van der Waals surface area contributed by atoms with Crippen molar-refractivity contribution in [3.63, 3.8) is 0 Å². The fourth-order valence-corrected chi connectivity index (χ4v) is 2.05. The van der Waals surface area contributed by atoms with Gasteiger partial charge in [0.15, 0.2) is 5.78 Å². The third kappa shape index (κ3) is 1.83. The lowest BCUT2D eigenvalue weighted by Gasteiger charge is -2.02. The number of carbonyl (C=O) groups is 1. The van der Waals surface area contributed by atoms with Crippen LogP contribution in [-0.4, -0.2) is 5.78 Å². The van der Waals surface area contributed by atoms with Gasteiger partial charge in [-0.25, -0.2) is 0 Å². The van der Waals surface area contributed by atoms with Gasteiger partial charge in [0.1, 0.15) is 12.2 Å². The molecule has 0 aliphatic rings. The summed E-state index contributed by atoms with van der Waals surface area (Å²) in [5, 5.41) is 10.8. The molecule has 0 aliphatic carbocycles. The Morgan fingerprint density at radius 2 is 2.40 bits per heavy atom. The minimum atomic E-state index is -0.720. The molecule has 3 nitrogen and oxygen atoms in total. The predicted octanol–water partition coefficient (Wildman–Crippen LogP) is 2.83. The van der Waals surface area contributed by atoms with E-state index in [2.05, 4.69) is 0 Å². The number of hydrogen-bond donors (Lipinski definition) is 0. The van der Waals surface area contributed by atoms with Crippen LogP contribution < -0.4 is 0 Å². The van der Waals surface area contributed by atoms with Crippen molar-refractivity contribution >= 4 is 17.1 Å². The number of nitriles is 1. The quantitative estimate of drug-likeness (QED) is 0.743. The normalized spacial score (nSPS) is 11.9. The Hall–Kier alpha value is -1.86. The van der Waals surface area contributed by atoms with E-state index in [1.165, 1.54) is 23.9 Å². The lowest BCUT2D eigenvalue weighted by molar-refractivity contribution is 0.0979. The highest BCUT2D eigenvalue weighted by molar-refractivity contribution is 7.10. The summed E-state index contributed by atoms with van der Waals surface area (Å²) >= 11 is 1.41. The molecule has 0 aliphatic heterocycles. The van der Waals surface area contributed by atoms with Gasteiger partial charge in [-0.05, 0) is 17.5 Å². The molecule has 4 heteroatoms. The molecule has 0 radical (unpaired) electrons. The Morgan fingerprint density at radius 3 is 2.93 bits per heavy atom. The smallest absolute Gasteiger partial charge is 0.188 e. The number of furan rings is 1. The fourth-order valence-electron chi connectivity index (χ4n) is 1.28. The largest absolute Gasteiger partial charge is 0.472 e. The van der Waals surface area contributed by atoms with Gasteiger partial charge in [-0.15, -0.1) is 11.3 Å². The van der Waals surface area contributed by atoms with Crippen molar-refractivity contribution in [2.24, 2.45) is 0 Å². The van der Waals surface area contributed by atoms with E-state index in [-0.39, 0.29) is 5.78 Å². The third-order valence-electron chi connectivity index (χ3n) is 2.02. The maximum Gasteiger partial charge on any atom is 0.188 e. The number of Topliss-reactive ketones (excluding diaryl/α,β-unsaturated/α-hetero) is 1. The van der Waals surface area contributed by atoms with E-state index in [1.807, 2.05) is 17.5 Å². The second-order valence-electron chi connectivity index (χ2n) is 2.95. The van der Waals surface area contributed by atoms with Crippen LogP contribution in [0.4, 0.5) is 0 Å². The van der Waals surface area contributed by atoms with Crippen molar-refractivity contribution in [1.29, 1.82) is 5.26 Å². The lowest BCUT2D eigenvalue weighted by Crippen LogP contribution is -2.08. The van der Waals surface area contributed by atoms with Crippen molar-refractivity contribution in [1.82, 2.24) is 0 Å². The number of thiophene rings is 1. The molecule has 0 saturated carbocycles. The van der Waals surface area contributed by atoms with Crippen LogP contribution in [0.1, 0.15) is 21.2 Å². The number of ketones is 1. The van der Waals surface area contributed by atoms with Gasteiger partial charge in [0, 0.05) is 4.88 Å². The minimum absolute atomic E-state index is 0.214. The predicted molar refractivity (Wildman–Crippen MR) is 55.7 cm³/mol. The van der Waals surface area contributed by atoms with Crippen LogP contribution in [0.3, 0.4) is 0 Å². The first-order chi connectivity index (χ1) is 7.33. The van der Waals surface area contributed by atoms with Crippen LogP contribution in [0.5, 0.6) is 0 Å². The van der Waals surface area contributed by atoms with E-state index in [9.17, 15) is 4.79 Å². The second kappa shape index (κ2) is 4.11. The molecule has 1 unspecified atom stereocenters. The molecule has 0 amide bonds. The zero-order valence-corrected chi connectivity index (χ0v) is 8.53. The third-order valence-corrected chi connectivity index (χ3v) is 2.96. The average Bonchev–Trinajstić information content (AvgIpc) is 2.91. The molecule has 74 valence electrons. The van der Waals surface area contributed by atoms with Gasteiger partial charge < -0.3 is 4.42 Å². The average molecular weight is 217 g/mol. The van der Waals surface area contributed by atoms with E-state index >= 15 is 0 Å². The Balaban J connectivity index is 2.30. The summed E-state index contributed by atoms with van der Waals surface area (Å²) in [6.45, 7) is 0. The van der Waals surface area contributed by atoms with Crippen LogP contribution in [-0.2, 0) is 0 Å². The van der Waals surface area contributed by atoms with E-state index in [4.69, 9.17) is 9.68 Å². The van der Waals surface area contributed by atoms with Crippen LogP contribution in [0.2, 0.25) is 0 Å². The molecule has 1 atom stereocenters. The molecule has 0 bridgehead atoms. The molecule has 0 N–H and O–H groups in total. The van der Waals surface area contributed by atoms with E-state index in [0.29, 0.717) is 5.56 Å². The van der Waals surface area contributed by atoms with Gasteiger partial charge in [-0.1, -0.05) is 6.07 Å². The Kier molecular flexibility index (Phi) is 2.66. The zero-order chi connectivity index (χ0) is 10.7. The van der Waals surface area contributed by atoms with Crippen LogP contribution in [0.15, 0.2) is 40.5 Å². The molecular formula is C11H7NO2S. The Labute approximate surface area is 90.6 Å². The Morgan fingerprint density at radius 1 is 1.53 bits per heavy atom. The lowest BCUT2D eigenvalue weighted by atomic mass is 10.00. The molecule has 0 aromatic carbocycles.